The third kappa shape index (κ3) is 3.93. The molecule has 0 N–H and O–H groups in total. The molecule has 0 saturated carbocycles. The Hall–Kier alpha value is -3.14. The van der Waals surface area contributed by atoms with Crippen molar-refractivity contribution in [2.24, 2.45) is 11.8 Å². The summed E-state index contributed by atoms with van der Waals surface area (Å²) in [6.07, 6.45) is 3.75. The second-order valence-corrected chi connectivity index (χ2v) is 11.0. The molecule has 4 unspecified atom stereocenters. The number of allylic oxidation sites excluding steroid dienone is 4. The second-order valence-electron chi connectivity index (χ2n) is 11.0. The van der Waals surface area contributed by atoms with Gasteiger partial charge in [-0.05, 0) is 23.0 Å². The molecule has 2 heterocycles. The van der Waals surface area contributed by atoms with Crippen molar-refractivity contribution in [2.75, 3.05) is 0 Å². The maximum absolute atomic E-state index is 13.3. The van der Waals surface area contributed by atoms with Gasteiger partial charge in [0.15, 0.2) is 11.6 Å². The molecule has 0 saturated heterocycles. The molecule has 2 aliphatic carbocycles. The van der Waals surface area contributed by atoms with Crippen molar-refractivity contribution in [3.63, 3.8) is 0 Å². The van der Waals surface area contributed by atoms with E-state index in [2.05, 4.69) is 38.1 Å². The average Bonchev–Trinajstić information content (AvgIpc) is 2.83. The van der Waals surface area contributed by atoms with E-state index in [9.17, 15) is 9.59 Å². The Kier molecular flexibility index (Phi) is 5.43. The van der Waals surface area contributed by atoms with Gasteiger partial charge in [0.25, 0.3) is 5.79 Å². The summed E-state index contributed by atoms with van der Waals surface area (Å²) in [7, 11) is 0. The molecule has 0 fully saturated rings. The third-order valence-corrected chi connectivity index (χ3v) is 8.09. The van der Waals surface area contributed by atoms with Crippen LogP contribution in [0.4, 0.5) is 0 Å². The number of carbonyl (C=O) groups is 2. The summed E-state index contributed by atoms with van der Waals surface area (Å²) in [6.45, 7) is 4.22. The minimum absolute atomic E-state index is 0.0739. The number of hydrogen-bond acceptors (Lipinski definition) is 4. The van der Waals surface area contributed by atoms with Crippen molar-refractivity contribution in [1.29, 1.82) is 0 Å². The lowest BCUT2D eigenvalue weighted by molar-refractivity contribution is -0.225. The molecule has 180 valence electrons. The summed E-state index contributed by atoms with van der Waals surface area (Å²) in [5, 5.41) is 0. The molecule has 4 heteroatoms. The largest absolute Gasteiger partial charge is 0.456 e. The number of ether oxygens (including phenoxy) is 2. The highest BCUT2D eigenvalue weighted by molar-refractivity contribution is 5.99. The SMILES string of the molecule is CC1CC(=O)C2=C(C1)OC1(CC2c2ccccc2)CC(c2ccccc2)C2=C(CC(C)CC2=O)O1. The highest BCUT2D eigenvalue weighted by Gasteiger charge is 2.53. The molecule has 6 rings (SSSR count). The van der Waals surface area contributed by atoms with E-state index in [4.69, 9.17) is 9.47 Å². The summed E-state index contributed by atoms with van der Waals surface area (Å²) in [5.41, 5.74) is 3.90. The van der Waals surface area contributed by atoms with E-state index in [1.165, 1.54) is 0 Å². The van der Waals surface area contributed by atoms with Crippen LogP contribution in [0.5, 0.6) is 0 Å². The molecular weight excluding hydrogens is 436 g/mol. The van der Waals surface area contributed by atoms with Gasteiger partial charge in [-0.3, -0.25) is 9.59 Å². The lowest BCUT2D eigenvalue weighted by Crippen LogP contribution is -2.48. The van der Waals surface area contributed by atoms with Crippen molar-refractivity contribution in [1.82, 2.24) is 0 Å². The molecule has 2 aliphatic heterocycles. The third-order valence-electron chi connectivity index (χ3n) is 8.09. The van der Waals surface area contributed by atoms with E-state index in [1.54, 1.807) is 0 Å². The number of rotatable bonds is 2. The fourth-order valence-electron chi connectivity index (χ4n) is 6.62. The zero-order valence-corrected chi connectivity index (χ0v) is 20.5. The lowest BCUT2D eigenvalue weighted by Gasteiger charge is -2.50. The van der Waals surface area contributed by atoms with Gasteiger partial charge in [0.1, 0.15) is 11.5 Å². The Labute approximate surface area is 207 Å². The molecule has 1 spiro atoms. The standard InChI is InChI=1S/C31H32O4/c1-19-13-25(32)29-23(21-9-5-3-6-10-21)17-31(34-27(29)15-19)18-24(22-11-7-4-8-12-22)30-26(33)14-20(2)16-28(30)35-31/h3-12,19-20,23-24H,13-18H2,1-2H3. The van der Waals surface area contributed by atoms with Crippen LogP contribution >= 0.6 is 0 Å². The van der Waals surface area contributed by atoms with E-state index in [0.717, 1.165) is 46.6 Å². The van der Waals surface area contributed by atoms with Gasteiger partial charge in [0.2, 0.25) is 0 Å². The van der Waals surface area contributed by atoms with Crippen molar-refractivity contribution in [2.45, 2.75) is 70.0 Å². The van der Waals surface area contributed by atoms with Crippen molar-refractivity contribution in [3.8, 4) is 0 Å². The first kappa shape index (κ1) is 22.3. The highest BCUT2D eigenvalue weighted by Crippen LogP contribution is 2.55. The minimum Gasteiger partial charge on any atom is -0.456 e. The molecule has 4 aliphatic rings. The Bertz CT molecular complexity index is 1130. The van der Waals surface area contributed by atoms with Crippen LogP contribution in [0.25, 0.3) is 0 Å². The van der Waals surface area contributed by atoms with Crippen LogP contribution in [-0.4, -0.2) is 17.4 Å². The lowest BCUT2D eigenvalue weighted by atomic mass is 9.70. The fourth-order valence-corrected chi connectivity index (χ4v) is 6.62. The minimum atomic E-state index is -0.895. The zero-order chi connectivity index (χ0) is 24.2. The number of ketones is 2. The van der Waals surface area contributed by atoms with Crippen LogP contribution < -0.4 is 0 Å². The topological polar surface area (TPSA) is 52.6 Å². The van der Waals surface area contributed by atoms with E-state index < -0.39 is 5.79 Å². The summed E-state index contributed by atoms with van der Waals surface area (Å²) in [4.78, 5) is 26.5. The molecule has 2 aromatic carbocycles. The van der Waals surface area contributed by atoms with Crippen molar-refractivity contribution < 1.29 is 19.1 Å². The van der Waals surface area contributed by atoms with Crippen molar-refractivity contribution >= 4 is 11.6 Å². The molecule has 4 nitrogen and oxygen atoms in total. The summed E-state index contributed by atoms with van der Waals surface area (Å²) in [5.74, 6) is 1.41. The van der Waals surface area contributed by atoms with Gasteiger partial charge in [-0.15, -0.1) is 0 Å². The van der Waals surface area contributed by atoms with Gasteiger partial charge in [0.05, 0.1) is 0 Å². The molecule has 0 bridgehead atoms. The smallest absolute Gasteiger partial charge is 0.252 e. The first-order chi connectivity index (χ1) is 16.9. The number of hydrogen-bond donors (Lipinski definition) is 0. The van der Waals surface area contributed by atoms with Crippen LogP contribution in [0.2, 0.25) is 0 Å². The number of carbonyl (C=O) groups excluding carboxylic acids is 2. The molecule has 35 heavy (non-hydrogen) atoms. The number of Topliss-reactive ketones (excluding diaryl/α,β-unsaturated/α-hetero) is 2. The van der Waals surface area contributed by atoms with E-state index in [-0.39, 0.29) is 35.2 Å². The summed E-state index contributed by atoms with van der Waals surface area (Å²) in [6, 6.07) is 20.6. The average molecular weight is 469 g/mol. The predicted octanol–water partition coefficient (Wildman–Crippen LogP) is 6.60. The first-order valence-electron chi connectivity index (χ1n) is 12.9. The van der Waals surface area contributed by atoms with E-state index >= 15 is 0 Å². The van der Waals surface area contributed by atoms with Crippen LogP contribution in [0.15, 0.2) is 83.3 Å². The van der Waals surface area contributed by atoms with Crippen LogP contribution in [0.3, 0.4) is 0 Å². The van der Waals surface area contributed by atoms with Gasteiger partial charge in [-0.25, -0.2) is 0 Å². The van der Waals surface area contributed by atoms with Gasteiger partial charge in [0, 0.05) is 61.5 Å². The number of benzene rings is 2. The Morgan fingerprint density at radius 1 is 0.629 bits per heavy atom. The van der Waals surface area contributed by atoms with Crippen molar-refractivity contribution in [3.05, 3.63) is 94.5 Å². The quantitative estimate of drug-likeness (QED) is 0.498. The van der Waals surface area contributed by atoms with E-state index in [0.29, 0.717) is 25.7 Å². The Morgan fingerprint density at radius 2 is 1.03 bits per heavy atom. The van der Waals surface area contributed by atoms with Crippen LogP contribution in [-0.2, 0) is 19.1 Å². The molecule has 0 amide bonds. The molecular formula is C31H32O4. The van der Waals surface area contributed by atoms with Gasteiger partial charge >= 0.3 is 0 Å². The van der Waals surface area contributed by atoms with Gasteiger partial charge in [-0.2, -0.15) is 0 Å². The summed E-state index contributed by atoms with van der Waals surface area (Å²) < 4.78 is 13.5. The normalized spacial score (nSPS) is 32.6. The maximum atomic E-state index is 13.3. The zero-order valence-electron chi connectivity index (χ0n) is 20.5. The molecule has 2 aromatic rings. The predicted molar refractivity (Wildman–Crippen MR) is 133 cm³/mol. The summed E-state index contributed by atoms with van der Waals surface area (Å²) >= 11 is 0. The maximum Gasteiger partial charge on any atom is 0.252 e. The van der Waals surface area contributed by atoms with Crippen LogP contribution in [0.1, 0.15) is 75.3 Å². The van der Waals surface area contributed by atoms with Gasteiger partial charge < -0.3 is 9.47 Å². The van der Waals surface area contributed by atoms with Crippen LogP contribution in [0, 0.1) is 11.8 Å². The molecule has 0 radical (unpaired) electrons. The highest BCUT2D eigenvalue weighted by atomic mass is 16.7. The monoisotopic (exact) mass is 468 g/mol. The van der Waals surface area contributed by atoms with E-state index in [1.807, 2.05) is 36.4 Å². The molecule has 4 atom stereocenters. The fraction of sp³-hybridized carbons (Fsp3) is 0.419. The Balaban J connectivity index is 1.48. The first-order valence-corrected chi connectivity index (χ1v) is 12.9. The second kappa shape index (κ2) is 8.51. The van der Waals surface area contributed by atoms with Gasteiger partial charge in [-0.1, -0.05) is 74.5 Å². The molecule has 0 aromatic heterocycles. The Morgan fingerprint density at radius 3 is 1.43 bits per heavy atom.